The van der Waals surface area contributed by atoms with Gasteiger partial charge in [-0.15, -0.1) is 0 Å². The van der Waals surface area contributed by atoms with Gasteiger partial charge in [0, 0.05) is 20.2 Å². The summed E-state index contributed by atoms with van der Waals surface area (Å²) in [4.78, 5) is 22.0. The van der Waals surface area contributed by atoms with Gasteiger partial charge in [0.05, 0.1) is 12.5 Å². The Morgan fingerprint density at radius 3 is 2.44 bits per heavy atom. The van der Waals surface area contributed by atoms with Crippen molar-refractivity contribution in [3.8, 4) is 0 Å². The van der Waals surface area contributed by atoms with Crippen molar-refractivity contribution in [2.75, 3.05) is 20.2 Å². The van der Waals surface area contributed by atoms with Gasteiger partial charge in [-0.1, -0.05) is 6.92 Å². The molecule has 0 heterocycles. The summed E-state index contributed by atoms with van der Waals surface area (Å²) in [5.74, 6) is 0.323. The molecular formula is C12H22N2O4. The van der Waals surface area contributed by atoms with Crippen molar-refractivity contribution in [2.24, 2.45) is 11.8 Å². The molecule has 6 nitrogen and oxygen atoms in total. The van der Waals surface area contributed by atoms with Gasteiger partial charge < -0.3 is 20.5 Å². The van der Waals surface area contributed by atoms with Crippen molar-refractivity contribution in [1.29, 1.82) is 0 Å². The Morgan fingerprint density at radius 1 is 1.33 bits per heavy atom. The fraction of sp³-hybridized carbons (Fsp3) is 0.833. The lowest BCUT2D eigenvalue weighted by Gasteiger charge is -2.16. The van der Waals surface area contributed by atoms with Crippen LogP contribution in [0, 0.1) is 11.8 Å². The molecule has 2 unspecified atom stereocenters. The van der Waals surface area contributed by atoms with Crippen LogP contribution in [0.5, 0.6) is 0 Å². The quantitative estimate of drug-likeness (QED) is 0.601. The molecule has 18 heavy (non-hydrogen) atoms. The lowest BCUT2D eigenvalue weighted by atomic mass is 10.1. The molecule has 104 valence electrons. The summed E-state index contributed by atoms with van der Waals surface area (Å²) in [6.45, 7) is 2.99. The Hall–Kier alpha value is -1.30. The molecule has 2 amide bonds. The van der Waals surface area contributed by atoms with Crippen LogP contribution in [0.1, 0.15) is 26.2 Å². The predicted octanol–water partition coefficient (Wildman–Crippen LogP) is 0.821. The number of rotatable bonds is 8. The average Bonchev–Trinajstić information content (AvgIpc) is 3.14. The maximum Gasteiger partial charge on any atom is 0.314 e. The number of carbonyl (C=O) groups excluding carboxylic acids is 1. The van der Waals surface area contributed by atoms with Gasteiger partial charge in [-0.2, -0.15) is 0 Å². The van der Waals surface area contributed by atoms with E-state index in [1.807, 2.05) is 0 Å². The van der Waals surface area contributed by atoms with E-state index < -0.39 is 12.1 Å². The summed E-state index contributed by atoms with van der Waals surface area (Å²) in [6.07, 6.45) is 1.91. The third-order valence-electron chi connectivity index (χ3n) is 3.24. The van der Waals surface area contributed by atoms with E-state index >= 15 is 0 Å². The van der Waals surface area contributed by atoms with Crippen LogP contribution >= 0.6 is 0 Å². The number of carboxylic acids is 1. The van der Waals surface area contributed by atoms with Crippen molar-refractivity contribution < 1.29 is 19.4 Å². The molecule has 0 aromatic carbocycles. The number of nitrogens with one attached hydrogen (secondary N) is 2. The van der Waals surface area contributed by atoms with Crippen molar-refractivity contribution in [3.63, 3.8) is 0 Å². The Balaban J connectivity index is 2.12. The van der Waals surface area contributed by atoms with Gasteiger partial charge in [-0.05, 0) is 24.7 Å². The van der Waals surface area contributed by atoms with Gasteiger partial charge in [0.15, 0.2) is 0 Å². The maximum absolute atomic E-state index is 11.5. The van der Waals surface area contributed by atoms with Crippen LogP contribution in [0.3, 0.4) is 0 Å². The molecule has 1 saturated carbocycles. The van der Waals surface area contributed by atoms with Crippen LogP contribution < -0.4 is 10.6 Å². The number of carbonyl (C=O) groups is 2. The summed E-state index contributed by atoms with van der Waals surface area (Å²) in [5.41, 5.74) is 0. The topological polar surface area (TPSA) is 87.7 Å². The molecule has 0 saturated heterocycles. The number of aliphatic carboxylic acids is 1. The van der Waals surface area contributed by atoms with E-state index in [0.717, 1.165) is 5.92 Å². The van der Waals surface area contributed by atoms with Crippen LogP contribution in [0.2, 0.25) is 0 Å². The van der Waals surface area contributed by atoms with Crippen LogP contribution in [-0.2, 0) is 9.53 Å². The summed E-state index contributed by atoms with van der Waals surface area (Å²) in [5, 5.41) is 14.0. The van der Waals surface area contributed by atoms with E-state index in [-0.39, 0.29) is 19.0 Å². The second-order valence-corrected chi connectivity index (χ2v) is 4.86. The summed E-state index contributed by atoms with van der Waals surface area (Å²) >= 11 is 0. The first-order valence-corrected chi connectivity index (χ1v) is 6.29. The minimum Gasteiger partial charge on any atom is -0.481 e. The van der Waals surface area contributed by atoms with E-state index in [1.165, 1.54) is 20.0 Å². The molecule has 0 spiro atoms. The van der Waals surface area contributed by atoms with Crippen molar-refractivity contribution in [2.45, 2.75) is 32.3 Å². The molecule has 1 aliphatic rings. The Kier molecular flexibility index (Phi) is 5.91. The van der Waals surface area contributed by atoms with Crippen molar-refractivity contribution in [1.82, 2.24) is 10.6 Å². The number of hydrogen-bond acceptors (Lipinski definition) is 3. The van der Waals surface area contributed by atoms with Gasteiger partial charge in [-0.3, -0.25) is 4.79 Å². The zero-order chi connectivity index (χ0) is 13.5. The first kappa shape index (κ1) is 14.8. The number of amides is 2. The summed E-state index contributed by atoms with van der Waals surface area (Å²) in [6, 6.07) is -0.269. The van der Waals surface area contributed by atoms with E-state index in [9.17, 15) is 9.59 Å². The second kappa shape index (κ2) is 7.20. The van der Waals surface area contributed by atoms with Crippen LogP contribution in [0.25, 0.3) is 0 Å². The lowest BCUT2D eigenvalue weighted by Crippen LogP contribution is -2.42. The van der Waals surface area contributed by atoms with Gasteiger partial charge in [0.2, 0.25) is 0 Å². The van der Waals surface area contributed by atoms with Gasteiger partial charge in [0.25, 0.3) is 0 Å². The number of urea groups is 1. The molecular weight excluding hydrogens is 236 g/mol. The number of methoxy groups -OCH3 is 1. The highest BCUT2D eigenvalue weighted by molar-refractivity contribution is 5.74. The summed E-state index contributed by atoms with van der Waals surface area (Å²) < 4.78 is 4.96. The third-order valence-corrected chi connectivity index (χ3v) is 3.24. The minimum atomic E-state index is -0.939. The SMILES string of the molecule is COC(CNC(=O)NCC(C)C1CC1)CC(=O)O. The number of carboxylic acid groups (broad SMARTS) is 1. The molecule has 0 radical (unpaired) electrons. The van der Waals surface area contributed by atoms with Crippen molar-refractivity contribution >= 4 is 12.0 Å². The van der Waals surface area contributed by atoms with E-state index in [4.69, 9.17) is 9.84 Å². The predicted molar refractivity (Wildman–Crippen MR) is 66.3 cm³/mol. The first-order chi connectivity index (χ1) is 8.52. The zero-order valence-electron chi connectivity index (χ0n) is 10.9. The molecule has 1 fully saturated rings. The standard InChI is InChI=1S/C12H22N2O4/c1-8(9-3-4-9)6-13-12(17)14-7-10(18-2)5-11(15)16/h8-10H,3-7H2,1-2H3,(H,15,16)(H2,13,14,17). The lowest BCUT2D eigenvalue weighted by molar-refractivity contribution is -0.139. The van der Waals surface area contributed by atoms with Crippen LogP contribution in [-0.4, -0.2) is 43.4 Å². The minimum absolute atomic E-state index is 0.116. The molecule has 0 bridgehead atoms. The fourth-order valence-corrected chi connectivity index (χ4v) is 1.79. The normalized spacial score (nSPS) is 17.9. The zero-order valence-corrected chi connectivity index (χ0v) is 10.9. The molecule has 1 rings (SSSR count). The monoisotopic (exact) mass is 258 g/mol. The number of hydrogen-bond donors (Lipinski definition) is 3. The Bertz CT molecular complexity index is 292. The highest BCUT2D eigenvalue weighted by Gasteiger charge is 2.27. The van der Waals surface area contributed by atoms with Crippen LogP contribution in [0.4, 0.5) is 4.79 Å². The van der Waals surface area contributed by atoms with E-state index in [1.54, 1.807) is 0 Å². The summed E-state index contributed by atoms with van der Waals surface area (Å²) in [7, 11) is 1.43. The highest BCUT2D eigenvalue weighted by atomic mass is 16.5. The fourth-order valence-electron chi connectivity index (χ4n) is 1.79. The second-order valence-electron chi connectivity index (χ2n) is 4.86. The van der Waals surface area contributed by atoms with Gasteiger partial charge in [-0.25, -0.2) is 4.79 Å². The molecule has 0 aromatic heterocycles. The molecule has 6 heteroatoms. The Labute approximate surface area is 107 Å². The van der Waals surface area contributed by atoms with Gasteiger partial charge >= 0.3 is 12.0 Å². The molecule has 0 aromatic rings. The number of ether oxygens (including phenoxy) is 1. The van der Waals surface area contributed by atoms with Crippen molar-refractivity contribution in [3.05, 3.63) is 0 Å². The molecule has 3 N–H and O–H groups in total. The maximum atomic E-state index is 11.5. The first-order valence-electron chi connectivity index (χ1n) is 6.29. The Morgan fingerprint density at radius 2 is 1.94 bits per heavy atom. The van der Waals surface area contributed by atoms with E-state index in [0.29, 0.717) is 12.5 Å². The molecule has 2 atom stereocenters. The molecule has 0 aliphatic heterocycles. The largest absolute Gasteiger partial charge is 0.481 e. The highest BCUT2D eigenvalue weighted by Crippen LogP contribution is 2.35. The average molecular weight is 258 g/mol. The third kappa shape index (κ3) is 5.86. The van der Waals surface area contributed by atoms with E-state index in [2.05, 4.69) is 17.6 Å². The molecule has 1 aliphatic carbocycles. The van der Waals surface area contributed by atoms with Crippen LogP contribution in [0.15, 0.2) is 0 Å². The van der Waals surface area contributed by atoms with Gasteiger partial charge in [0.1, 0.15) is 0 Å². The smallest absolute Gasteiger partial charge is 0.314 e.